The zero-order valence-corrected chi connectivity index (χ0v) is 7.11. The Labute approximate surface area is 71.1 Å². The minimum atomic E-state index is 0.623. The van der Waals surface area contributed by atoms with Gasteiger partial charge in [0.2, 0.25) is 0 Å². The fourth-order valence-electron chi connectivity index (χ4n) is 0.700. The average Bonchev–Trinajstić information content (AvgIpc) is 2.17. The first-order chi connectivity index (χ1) is 5.77. The van der Waals surface area contributed by atoms with Crippen LogP contribution in [0.4, 0.5) is 0 Å². The molecule has 0 amide bonds. The number of hydrogen-bond donors (Lipinski definition) is 1. The van der Waals surface area contributed by atoms with Crippen LogP contribution in [-0.2, 0) is 0 Å². The van der Waals surface area contributed by atoms with Crippen molar-refractivity contribution >= 4 is 5.57 Å². The Morgan fingerprint density at radius 1 is 1.50 bits per heavy atom. The standard InChI is InChI=1S/C8H11N3O/c1-6(3-9)8-10-4-7(12-2)5-11-8/h3-5H,9H2,1-2H3/b6-3-. The van der Waals surface area contributed by atoms with E-state index in [1.54, 1.807) is 19.5 Å². The SMILES string of the molecule is COc1cnc(/C(C)=C\N)nc1. The number of nitrogens with zero attached hydrogens (tertiary/aromatic N) is 2. The van der Waals surface area contributed by atoms with Crippen LogP contribution in [0.25, 0.3) is 5.57 Å². The molecule has 0 bridgehead atoms. The van der Waals surface area contributed by atoms with Crippen molar-refractivity contribution in [3.63, 3.8) is 0 Å². The molecule has 0 saturated carbocycles. The van der Waals surface area contributed by atoms with Crippen LogP contribution >= 0.6 is 0 Å². The number of ether oxygens (including phenoxy) is 1. The summed E-state index contributed by atoms with van der Waals surface area (Å²) in [6, 6.07) is 0. The highest BCUT2D eigenvalue weighted by molar-refractivity contribution is 5.56. The van der Waals surface area contributed by atoms with Gasteiger partial charge in [0.15, 0.2) is 11.6 Å². The maximum Gasteiger partial charge on any atom is 0.156 e. The van der Waals surface area contributed by atoms with Crippen LogP contribution in [0.3, 0.4) is 0 Å². The molecule has 2 N–H and O–H groups in total. The zero-order valence-electron chi connectivity index (χ0n) is 7.11. The summed E-state index contributed by atoms with van der Waals surface area (Å²) in [4.78, 5) is 8.07. The van der Waals surface area contributed by atoms with Crippen LogP contribution in [-0.4, -0.2) is 17.1 Å². The second-order valence-electron chi connectivity index (χ2n) is 2.30. The lowest BCUT2D eigenvalue weighted by atomic mass is 10.3. The third-order valence-electron chi connectivity index (χ3n) is 1.47. The van der Waals surface area contributed by atoms with E-state index < -0.39 is 0 Å². The molecule has 1 aromatic rings. The first kappa shape index (κ1) is 8.52. The molecule has 0 saturated heterocycles. The van der Waals surface area contributed by atoms with E-state index in [2.05, 4.69) is 9.97 Å². The van der Waals surface area contributed by atoms with E-state index in [1.165, 1.54) is 6.20 Å². The normalized spacial score (nSPS) is 11.3. The van der Waals surface area contributed by atoms with E-state index in [1.807, 2.05) is 6.92 Å². The highest BCUT2D eigenvalue weighted by Crippen LogP contribution is 2.09. The summed E-state index contributed by atoms with van der Waals surface area (Å²) in [5.41, 5.74) is 6.15. The van der Waals surface area contributed by atoms with Crippen molar-refractivity contribution in [2.24, 2.45) is 5.73 Å². The molecule has 0 aliphatic heterocycles. The minimum Gasteiger partial charge on any atom is -0.494 e. The minimum absolute atomic E-state index is 0.623. The quantitative estimate of drug-likeness (QED) is 0.704. The maximum absolute atomic E-state index is 5.30. The van der Waals surface area contributed by atoms with Crippen molar-refractivity contribution in [3.05, 3.63) is 24.4 Å². The summed E-state index contributed by atoms with van der Waals surface area (Å²) < 4.78 is 4.91. The smallest absolute Gasteiger partial charge is 0.156 e. The van der Waals surface area contributed by atoms with Crippen LogP contribution in [0.2, 0.25) is 0 Å². The molecule has 4 nitrogen and oxygen atoms in total. The van der Waals surface area contributed by atoms with Gasteiger partial charge in [-0.1, -0.05) is 0 Å². The van der Waals surface area contributed by atoms with Crippen molar-refractivity contribution in [1.29, 1.82) is 0 Å². The second kappa shape index (κ2) is 3.71. The highest BCUT2D eigenvalue weighted by atomic mass is 16.5. The summed E-state index contributed by atoms with van der Waals surface area (Å²) in [5.74, 6) is 1.27. The van der Waals surface area contributed by atoms with Crippen LogP contribution in [0.15, 0.2) is 18.6 Å². The first-order valence-electron chi connectivity index (χ1n) is 3.53. The van der Waals surface area contributed by atoms with Gasteiger partial charge in [0.1, 0.15) is 0 Å². The van der Waals surface area contributed by atoms with Gasteiger partial charge < -0.3 is 10.5 Å². The molecule has 0 unspecified atom stereocenters. The molecule has 0 aromatic carbocycles. The highest BCUT2D eigenvalue weighted by Gasteiger charge is 1.97. The number of hydrogen-bond acceptors (Lipinski definition) is 4. The Morgan fingerprint density at radius 2 is 2.08 bits per heavy atom. The van der Waals surface area contributed by atoms with Crippen molar-refractivity contribution < 1.29 is 4.74 Å². The molecule has 12 heavy (non-hydrogen) atoms. The molecule has 1 aromatic heterocycles. The Balaban J connectivity index is 2.92. The van der Waals surface area contributed by atoms with Gasteiger partial charge in [-0.2, -0.15) is 0 Å². The molecule has 0 aliphatic carbocycles. The van der Waals surface area contributed by atoms with E-state index in [-0.39, 0.29) is 0 Å². The Morgan fingerprint density at radius 3 is 2.50 bits per heavy atom. The fourth-order valence-corrected chi connectivity index (χ4v) is 0.700. The topological polar surface area (TPSA) is 61.0 Å². The van der Waals surface area contributed by atoms with Gasteiger partial charge in [-0.05, 0) is 6.92 Å². The van der Waals surface area contributed by atoms with E-state index >= 15 is 0 Å². The first-order valence-corrected chi connectivity index (χ1v) is 3.53. The molecule has 4 heteroatoms. The second-order valence-corrected chi connectivity index (χ2v) is 2.30. The largest absolute Gasteiger partial charge is 0.494 e. The van der Waals surface area contributed by atoms with Crippen LogP contribution in [0, 0.1) is 0 Å². The molecule has 0 spiro atoms. The molecular formula is C8H11N3O. The van der Waals surface area contributed by atoms with E-state index in [4.69, 9.17) is 10.5 Å². The molecular weight excluding hydrogens is 154 g/mol. The average molecular weight is 165 g/mol. The van der Waals surface area contributed by atoms with Crippen LogP contribution in [0.1, 0.15) is 12.7 Å². The van der Waals surface area contributed by atoms with Gasteiger partial charge >= 0.3 is 0 Å². The monoisotopic (exact) mass is 165 g/mol. The summed E-state index contributed by atoms with van der Waals surface area (Å²) in [5, 5.41) is 0. The Kier molecular flexibility index (Phi) is 2.63. The molecule has 0 aliphatic rings. The Bertz CT molecular complexity index is 279. The maximum atomic E-state index is 5.30. The summed E-state index contributed by atoms with van der Waals surface area (Å²) in [6.07, 6.45) is 4.69. The summed E-state index contributed by atoms with van der Waals surface area (Å²) in [6.45, 7) is 1.85. The van der Waals surface area contributed by atoms with Gasteiger partial charge in [0.25, 0.3) is 0 Å². The number of rotatable bonds is 2. The third kappa shape index (κ3) is 1.72. The summed E-state index contributed by atoms with van der Waals surface area (Å²) in [7, 11) is 1.57. The molecule has 1 heterocycles. The zero-order chi connectivity index (χ0) is 8.97. The fraction of sp³-hybridized carbons (Fsp3) is 0.250. The molecule has 0 radical (unpaired) electrons. The predicted molar refractivity (Wildman–Crippen MR) is 46.4 cm³/mol. The number of nitrogens with two attached hydrogens (primary N) is 1. The molecule has 0 fully saturated rings. The van der Waals surface area contributed by atoms with E-state index in [0.29, 0.717) is 11.6 Å². The number of methoxy groups -OCH3 is 1. The van der Waals surface area contributed by atoms with Gasteiger partial charge in [0.05, 0.1) is 19.5 Å². The van der Waals surface area contributed by atoms with Gasteiger partial charge in [-0.15, -0.1) is 0 Å². The molecule has 64 valence electrons. The predicted octanol–water partition coefficient (Wildman–Crippen LogP) is 0.805. The van der Waals surface area contributed by atoms with Crippen molar-refractivity contribution in [1.82, 2.24) is 9.97 Å². The van der Waals surface area contributed by atoms with Crippen LogP contribution < -0.4 is 10.5 Å². The van der Waals surface area contributed by atoms with Gasteiger partial charge in [-0.3, -0.25) is 0 Å². The Hall–Kier alpha value is -1.58. The lowest BCUT2D eigenvalue weighted by Gasteiger charge is -2.00. The third-order valence-corrected chi connectivity index (χ3v) is 1.47. The van der Waals surface area contributed by atoms with E-state index in [0.717, 1.165) is 5.57 Å². The lowest BCUT2D eigenvalue weighted by molar-refractivity contribution is 0.410. The van der Waals surface area contributed by atoms with Crippen molar-refractivity contribution in [2.45, 2.75) is 6.92 Å². The van der Waals surface area contributed by atoms with Gasteiger partial charge in [-0.25, -0.2) is 9.97 Å². The van der Waals surface area contributed by atoms with Crippen LogP contribution in [0.5, 0.6) is 5.75 Å². The summed E-state index contributed by atoms with van der Waals surface area (Å²) >= 11 is 0. The molecule has 1 rings (SSSR count). The van der Waals surface area contributed by atoms with E-state index in [9.17, 15) is 0 Å². The van der Waals surface area contributed by atoms with Crippen molar-refractivity contribution in [2.75, 3.05) is 7.11 Å². The van der Waals surface area contributed by atoms with Crippen molar-refractivity contribution in [3.8, 4) is 5.75 Å². The lowest BCUT2D eigenvalue weighted by Crippen LogP contribution is -1.94. The number of allylic oxidation sites excluding steroid dienone is 1. The van der Waals surface area contributed by atoms with Gasteiger partial charge in [0, 0.05) is 11.8 Å². The number of aromatic nitrogens is 2. The molecule has 0 atom stereocenters.